The van der Waals surface area contributed by atoms with E-state index in [1.54, 1.807) is 14.2 Å². The molecular weight excluding hydrogens is 228 g/mol. The van der Waals surface area contributed by atoms with Gasteiger partial charge in [0.05, 0.1) is 14.2 Å². The maximum absolute atomic E-state index is 5.48. The Morgan fingerprint density at radius 3 is 2.56 bits per heavy atom. The molecule has 1 aromatic carbocycles. The fraction of sp³-hybridized carbons (Fsp3) is 0.571. The maximum Gasteiger partial charge on any atom is 0.165 e. The van der Waals surface area contributed by atoms with Crippen LogP contribution in [0.4, 0.5) is 0 Å². The summed E-state index contributed by atoms with van der Waals surface area (Å²) in [7, 11) is 3.37. The quantitative estimate of drug-likeness (QED) is 0.829. The lowest BCUT2D eigenvalue weighted by Gasteiger charge is -2.37. The number of likely N-dealkylation sites (N-methyl/N-ethyl adjacent to an activating group) is 1. The van der Waals surface area contributed by atoms with Gasteiger partial charge in [0.1, 0.15) is 0 Å². The summed E-state index contributed by atoms with van der Waals surface area (Å²) in [6.07, 6.45) is 0. The summed E-state index contributed by atoms with van der Waals surface area (Å²) in [5, 5.41) is 3.32. The summed E-state index contributed by atoms with van der Waals surface area (Å²) < 4.78 is 10.8. The van der Waals surface area contributed by atoms with Crippen LogP contribution in [0.5, 0.6) is 11.5 Å². The summed E-state index contributed by atoms with van der Waals surface area (Å²) in [5.74, 6) is 1.66. The molecule has 0 aromatic heterocycles. The maximum atomic E-state index is 5.48. The lowest BCUT2D eigenvalue weighted by Crippen LogP contribution is -2.56. The highest BCUT2D eigenvalue weighted by molar-refractivity contribution is 5.46. The lowest BCUT2D eigenvalue weighted by atomic mass is 10.1. The molecular formula is C14H22N2O2. The van der Waals surface area contributed by atoms with Crippen LogP contribution in [0.1, 0.15) is 12.5 Å². The molecule has 0 spiro atoms. The van der Waals surface area contributed by atoms with E-state index in [0.717, 1.165) is 37.7 Å². The van der Waals surface area contributed by atoms with Gasteiger partial charge in [-0.05, 0) is 12.6 Å². The van der Waals surface area contributed by atoms with Crippen molar-refractivity contribution in [2.45, 2.75) is 19.5 Å². The molecule has 0 saturated carbocycles. The van der Waals surface area contributed by atoms with Crippen LogP contribution in [0, 0.1) is 0 Å². The molecule has 0 aliphatic carbocycles. The minimum atomic E-state index is 0.644. The molecule has 0 atom stereocenters. The monoisotopic (exact) mass is 250 g/mol. The SMILES string of the molecule is CCN(Cc1cccc(OC)c1OC)C1CNC1. The van der Waals surface area contributed by atoms with Gasteiger partial charge < -0.3 is 14.8 Å². The normalized spacial score (nSPS) is 15.6. The van der Waals surface area contributed by atoms with Crippen LogP contribution in [-0.4, -0.2) is 44.8 Å². The summed E-state index contributed by atoms with van der Waals surface area (Å²) in [5.41, 5.74) is 1.19. The highest BCUT2D eigenvalue weighted by atomic mass is 16.5. The highest BCUT2D eigenvalue weighted by Gasteiger charge is 2.24. The predicted molar refractivity (Wildman–Crippen MR) is 72.3 cm³/mol. The second kappa shape index (κ2) is 6.07. The molecule has 18 heavy (non-hydrogen) atoms. The Balaban J connectivity index is 2.16. The van der Waals surface area contributed by atoms with Gasteiger partial charge in [-0.3, -0.25) is 4.90 Å². The first-order valence-electron chi connectivity index (χ1n) is 6.44. The first-order valence-corrected chi connectivity index (χ1v) is 6.44. The van der Waals surface area contributed by atoms with E-state index in [1.807, 2.05) is 12.1 Å². The largest absolute Gasteiger partial charge is 0.493 e. The Morgan fingerprint density at radius 2 is 2.06 bits per heavy atom. The molecule has 1 fully saturated rings. The predicted octanol–water partition coefficient (Wildman–Crippen LogP) is 1.50. The van der Waals surface area contributed by atoms with Crippen LogP contribution in [0.15, 0.2) is 18.2 Å². The van der Waals surface area contributed by atoms with E-state index < -0.39 is 0 Å². The van der Waals surface area contributed by atoms with Crippen molar-refractivity contribution in [3.05, 3.63) is 23.8 Å². The van der Waals surface area contributed by atoms with E-state index in [4.69, 9.17) is 9.47 Å². The number of ether oxygens (including phenoxy) is 2. The third-order valence-electron chi connectivity index (χ3n) is 3.54. The van der Waals surface area contributed by atoms with Gasteiger partial charge in [-0.15, -0.1) is 0 Å². The Labute approximate surface area is 109 Å². The topological polar surface area (TPSA) is 33.7 Å². The van der Waals surface area contributed by atoms with E-state index >= 15 is 0 Å². The number of hydrogen-bond donors (Lipinski definition) is 1. The molecule has 1 aromatic rings. The van der Waals surface area contributed by atoms with Crippen LogP contribution >= 0.6 is 0 Å². The van der Waals surface area contributed by atoms with E-state index in [0.29, 0.717) is 6.04 Å². The number of nitrogens with one attached hydrogen (secondary N) is 1. The van der Waals surface area contributed by atoms with Gasteiger partial charge in [-0.2, -0.15) is 0 Å². The van der Waals surface area contributed by atoms with Crippen molar-refractivity contribution in [1.82, 2.24) is 10.2 Å². The average molecular weight is 250 g/mol. The highest BCUT2D eigenvalue weighted by Crippen LogP contribution is 2.31. The number of benzene rings is 1. The van der Waals surface area contributed by atoms with E-state index in [1.165, 1.54) is 5.56 Å². The third kappa shape index (κ3) is 2.60. The smallest absolute Gasteiger partial charge is 0.165 e. The summed E-state index contributed by atoms with van der Waals surface area (Å²) in [6.45, 7) is 6.32. The number of nitrogens with zero attached hydrogens (tertiary/aromatic N) is 1. The molecule has 0 amide bonds. The summed E-state index contributed by atoms with van der Waals surface area (Å²) >= 11 is 0. The van der Waals surface area contributed by atoms with Crippen molar-refractivity contribution in [3.8, 4) is 11.5 Å². The molecule has 1 aliphatic rings. The van der Waals surface area contributed by atoms with Crippen molar-refractivity contribution >= 4 is 0 Å². The van der Waals surface area contributed by atoms with Crippen molar-refractivity contribution in [1.29, 1.82) is 0 Å². The van der Waals surface area contributed by atoms with Gasteiger partial charge in [0.2, 0.25) is 0 Å². The molecule has 1 saturated heterocycles. The summed E-state index contributed by atoms with van der Waals surface area (Å²) in [6, 6.07) is 6.70. The zero-order valence-corrected chi connectivity index (χ0v) is 11.4. The molecule has 0 bridgehead atoms. The summed E-state index contributed by atoms with van der Waals surface area (Å²) in [4.78, 5) is 2.47. The molecule has 4 heteroatoms. The number of rotatable bonds is 6. The Kier molecular flexibility index (Phi) is 4.44. The molecule has 1 heterocycles. The fourth-order valence-electron chi connectivity index (χ4n) is 2.33. The standard InChI is InChI=1S/C14H22N2O2/c1-4-16(12-8-15-9-12)10-11-6-5-7-13(17-2)14(11)18-3/h5-7,12,15H,4,8-10H2,1-3H3. The van der Waals surface area contributed by atoms with Gasteiger partial charge in [0.15, 0.2) is 11.5 Å². The van der Waals surface area contributed by atoms with Crippen LogP contribution < -0.4 is 14.8 Å². The second-order valence-electron chi connectivity index (χ2n) is 4.53. The van der Waals surface area contributed by atoms with Crippen molar-refractivity contribution in [3.63, 3.8) is 0 Å². The second-order valence-corrected chi connectivity index (χ2v) is 4.53. The van der Waals surface area contributed by atoms with Gasteiger partial charge in [0, 0.05) is 31.2 Å². The first-order chi connectivity index (χ1) is 8.80. The molecule has 0 radical (unpaired) electrons. The van der Waals surface area contributed by atoms with Crippen LogP contribution in [-0.2, 0) is 6.54 Å². The van der Waals surface area contributed by atoms with Crippen LogP contribution in [0.25, 0.3) is 0 Å². The molecule has 100 valence electrons. The van der Waals surface area contributed by atoms with Crippen LogP contribution in [0.2, 0.25) is 0 Å². The van der Waals surface area contributed by atoms with Gasteiger partial charge in [0.25, 0.3) is 0 Å². The van der Waals surface area contributed by atoms with Gasteiger partial charge in [-0.25, -0.2) is 0 Å². The van der Waals surface area contributed by atoms with E-state index in [9.17, 15) is 0 Å². The van der Waals surface area contributed by atoms with Crippen molar-refractivity contribution in [2.75, 3.05) is 33.9 Å². The Bertz CT molecular complexity index is 391. The van der Waals surface area contributed by atoms with Crippen molar-refractivity contribution in [2.24, 2.45) is 0 Å². The first kappa shape index (κ1) is 13.2. The van der Waals surface area contributed by atoms with Crippen molar-refractivity contribution < 1.29 is 9.47 Å². The van der Waals surface area contributed by atoms with Gasteiger partial charge >= 0.3 is 0 Å². The zero-order chi connectivity index (χ0) is 13.0. The van der Waals surface area contributed by atoms with E-state index in [-0.39, 0.29) is 0 Å². The molecule has 4 nitrogen and oxygen atoms in total. The minimum Gasteiger partial charge on any atom is -0.493 e. The fourth-order valence-corrected chi connectivity index (χ4v) is 2.33. The number of methoxy groups -OCH3 is 2. The molecule has 1 N–H and O–H groups in total. The molecule has 2 rings (SSSR count). The zero-order valence-electron chi connectivity index (χ0n) is 11.4. The average Bonchev–Trinajstić information content (AvgIpc) is 2.35. The number of hydrogen-bond acceptors (Lipinski definition) is 4. The lowest BCUT2D eigenvalue weighted by molar-refractivity contribution is 0.143. The Morgan fingerprint density at radius 1 is 1.28 bits per heavy atom. The molecule has 0 unspecified atom stereocenters. The minimum absolute atomic E-state index is 0.644. The Hall–Kier alpha value is -1.26. The van der Waals surface area contributed by atoms with Crippen LogP contribution in [0.3, 0.4) is 0 Å². The third-order valence-corrected chi connectivity index (χ3v) is 3.54. The molecule has 1 aliphatic heterocycles. The van der Waals surface area contributed by atoms with Gasteiger partial charge in [-0.1, -0.05) is 19.1 Å². The van der Waals surface area contributed by atoms with E-state index in [2.05, 4.69) is 23.2 Å². The number of para-hydroxylation sites is 1.